The van der Waals surface area contributed by atoms with Crippen LogP contribution in [-0.4, -0.2) is 48.6 Å². The van der Waals surface area contributed by atoms with E-state index in [1.54, 1.807) is 29.2 Å². The fraction of sp³-hybridized carbons (Fsp3) is 0.333. The minimum absolute atomic E-state index is 0.0735. The summed E-state index contributed by atoms with van der Waals surface area (Å²) in [6, 6.07) is 5.43. The van der Waals surface area contributed by atoms with Crippen molar-refractivity contribution >= 4 is 16.9 Å². The maximum absolute atomic E-state index is 12.9. The van der Waals surface area contributed by atoms with Crippen molar-refractivity contribution in [2.45, 2.75) is 18.9 Å². The molecule has 2 N–H and O–H groups in total. The average Bonchev–Trinajstić information content (AvgIpc) is 3.22. The summed E-state index contributed by atoms with van der Waals surface area (Å²) in [6.07, 6.45) is 5.07. The monoisotopic (exact) mass is 312 g/mol. The summed E-state index contributed by atoms with van der Waals surface area (Å²) in [6.45, 7) is 1.29. The molecule has 1 atom stereocenters. The van der Waals surface area contributed by atoms with E-state index in [0.29, 0.717) is 29.7 Å². The molecule has 23 heavy (non-hydrogen) atoms. The second-order valence-electron chi connectivity index (χ2n) is 5.73. The predicted molar refractivity (Wildman–Crippen MR) is 83.1 cm³/mol. The van der Waals surface area contributed by atoms with E-state index in [1.165, 1.54) is 6.33 Å². The topological polar surface area (TPSA) is 99.7 Å². The quantitative estimate of drug-likeness (QED) is 0.735. The van der Waals surface area contributed by atoms with E-state index in [-0.39, 0.29) is 17.6 Å². The van der Waals surface area contributed by atoms with Crippen LogP contribution in [0.1, 0.15) is 29.2 Å². The zero-order valence-corrected chi connectivity index (χ0v) is 12.4. The molecule has 3 heterocycles. The molecule has 1 aliphatic heterocycles. The zero-order chi connectivity index (χ0) is 15.8. The summed E-state index contributed by atoms with van der Waals surface area (Å²) in [5.74, 6) is -0.0735. The number of aromatic amines is 2. The molecule has 3 aromatic rings. The Labute approximate surface area is 131 Å². The average molecular weight is 312 g/mol. The molecule has 8 nitrogen and oxygen atoms in total. The highest BCUT2D eigenvalue weighted by atomic mass is 16.2. The Balaban J connectivity index is 1.64. The largest absolute Gasteiger partial charge is 0.336 e. The van der Waals surface area contributed by atoms with E-state index in [2.05, 4.69) is 20.1 Å². The van der Waals surface area contributed by atoms with Gasteiger partial charge < -0.3 is 14.9 Å². The fourth-order valence-corrected chi connectivity index (χ4v) is 3.17. The van der Waals surface area contributed by atoms with E-state index >= 15 is 0 Å². The van der Waals surface area contributed by atoms with E-state index in [9.17, 15) is 9.59 Å². The van der Waals surface area contributed by atoms with Crippen molar-refractivity contribution < 1.29 is 4.79 Å². The van der Waals surface area contributed by atoms with E-state index in [4.69, 9.17) is 0 Å². The van der Waals surface area contributed by atoms with Gasteiger partial charge in [-0.15, -0.1) is 0 Å². The Morgan fingerprint density at radius 3 is 3.04 bits per heavy atom. The third kappa shape index (κ3) is 2.41. The predicted octanol–water partition coefficient (Wildman–Crippen LogP) is 0.925. The molecule has 0 bridgehead atoms. The van der Waals surface area contributed by atoms with Crippen LogP contribution in [0.15, 0.2) is 35.6 Å². The van der Waals surface area contributed by atoms with Gasteiger partial charge in [0.25, 0.3) is 5.91 Å². The van der Waals surface area contributed by atoms with Gasteiger partial charge in [0.05, 0.1) is 22.6 Å². The molecule has 1 aromatic carbocycles. The van der Waals surface area contributed by atoms with Crippen LogP contribution in [0.25, 0.3) is 11.0 Å². The lowest BCUT2D eigenvalue weighted by Gasteiger charge is -2.32. The van der Waals surface area contributed by atoms with Gasteiger partial charge in [-0.05, 0) is 25.0 Å². The summed E-state index contributed by atoms with van der Waals surface area (Å²) in [4.78, 5) is 35.5. The molecule has 1 saturated heterocycles. The number of rotatable bonds is 2. The molecule has 1 aliphatic rings. The zero-order valence-electron chi connectivity index (χ0n) is 12.4. The second kappa shape index (κ2) is 5.38. The van der Waals surface area contributed by atoms with Crippen molar-refractivity contribution in [3.8, 4) is 0 Å². The molecule has 2 aromatic heterocycles. The molecule has 0 aliphatic carbocycles. The van der Waals surface area contributed by atoms with Crippen LogP contribution in [-0.2, 0) is 0 Å². The standard InChI is InChI=1S/C15H16N6O2/c22-14(11-4-1-5-12-13(11)19-15(23)18-12)20-6-2-3-10(7-20)21-9-16-8-17-21/h1,4-5,8-10H,2-3,6-7H2,(H2,18,19,23). The van der Waals surface area contributed by atoms with Crippen LogP contribution in [0.3, 0.4) is 0 Å². The Hall–Kier alpha value is -2.90. The maximum atomic E-state index is 12.9. The number of H-pyrrole nitrogens is 2. The Morgan fingerprint density at radius 2 is 2.22 bits per heavy atom. The third-order valence-electron chi connectivity index (χ3n) is 4.28. The number of nitrogens with zero attached hydrogens (tertiary/aromatic N) is 4. The lowest BCUT2D eigenvalue weighted by molar-refractivity contribution is 0.0674. The van der Waals surface area contributed by atoms with Crippen LogP contribution >= 0.6 is 0 Å². The lowest BCUT2D eigenvalue weighted by Crippen LogP contribution is -2.41. The molecular formula is C15H16N6O2. The first-order chi connectivity index (χ1) is 11.2. The molecule has 0 saturated carbocycles. The van der Waals surface area contributed by atoms with Gasteiger partial charge in [-0.1, -0.05) is 6.07 Å². The second-order valence-corrected chi connectivity index (χ2v) is 5.73. The minimum atomic E-state index is -0.306. The molecule has 1 amide bonds. The summed E-state index contributed by atoms with van der Waals surface area (Å²) >= 11 is 0. The molecule has 1 fully saturated rings. The van der Waals surface area contributed by atoms with Gasteiger partial charge in [0.2, 0.25) is 0 Å². The number of benzene rings is 1. The van der Waals surface area contributed by atoms with E-state index in [0.717, 1.165) is 12.8 Å². The number of fused-ring (bicyclic) bond motifs is 1. The van der Waals surface area contributed by atoms with Gasteiger partial charge >= 0.3 is 5.69 Å². The smallest absolute Gasteiger partial charge is 0.323 e. The van der Waals surface area contributed by atoms with Crippen LogP contribution in [0.5, 0.6) is 0 Å². The molecule has 118 valence electrons. The first kappa shape index (κ1) is 13.7. The van der Waals surface area contributed by atoms with Crippen LogP contribution in [0, 0.1) is 0 Å². The number of carbonyl (C=O) groups is 1. The van der Waals surface area contributed by atoms with Crippen molar-refractivity contribution in [3.05, 3.63) is 46.9 Å². The van der Waals surface area contributed by atoms with Gasteiger partial charge in [0, 0.05) is 13.1 Å². The molecule has 4 rings (SSSR count). The molecule has 0 spiro atoms. The number of amides is 1. The van der Waals surface area contributed by atoms with Crippen molar-refractivity contribution in [2.75, 3.05) is 13.1 Å². The molecular weight excluding hydrogens is 296 g/mol. The highest BCUT2D eigenvalue weighted by molar-refractivity contribution is 6.04. The Bertz CT molecular complexity index is 894. The third-order valence-corrected chi connectivity index (χ3v) is 4.28. The Morgan fingerprint density at radius 1 is 1.30 bits per heavy atom. The van der Waals surface area contributed by atoms with Crippen molar-refractivity contribution in [3.63, 3.8) is 0 Å². The van der Waals surface area contributed by atoms with Gasteiger partial charge in [0.15, 0.2) is 0 Å². The highest BCUT2D eigenvalue weighted by Crippen LogP contribution is 2.23. The van der Waals surface area contributed by atoms with Crippen molar-refractivity contribution in [1.82, 2.24) is 29.6 Å². The van der Waals surface area contributed by atoms with Gasteiger partial charge in [-0.2, -0.15) is 5.10 Å². The van der Waals surface area contributed by atoms with Crippen molar-refractivity contribution in [1.29, 1.82) is 0 Å². The lowest BCUT2D eigenvalue weighted by atomic mass is 10.0. The van der Waals surface area contributed by atoms with Crippen LogP contribution in [0.2, 0.25) is 0 Å². The number of hydrogen-bond donors (Lipinski definition) is 2. The van der Waals surface area contributed by atoms with Gasteiger partial charge in [-0.3, -0.25) is 4.79 Å². The normalized spacial score (nSPS) is 18.4. The number of hydrogen-bond acceptors (Lipinski definition) is 4. The summed E-state index contributed by atoms with van der Waals surface area (Å²) < 4.78 is 1.80. The SMILES string of the molecule is O=C(c1cccc2[nH]c(=O)[nH]c12)N1CCCC(n2cncn2)C1. The first-order valence-electron chi connectivity index (χ1n) is 7.57. The van der Waals surface area contributed by atoms with Crippen molar-refractivity contribution in [2.24, 2.45) is 0 Å². The summed E-state index contributed by atoms with van der Waals surface area (Å²) in [5, 5.41) is 4.17. The number of piperidine rings is 1. The molecule has 0 radical (unpaired) electrons. The number of carbonyl (C=O) groups excluding carboxylic acids is 1. The van der Waals surface area contributed by atoms with Crippen LogP contribution < -0.4 is 5.69 Å². The Kier molecular flexibility index (Phi) is 3.22. The summed E-state index contributed by atoms with van der Waals surface area (Å²) in [7, 11) is 0. The molecule has 8 heteroatoms. The highest BCUT2D eigenvalue weighted by Gasteiger charge is 2.27. The van der Waals surface area contributed by atoms with Gasteiger partial charge in [-0.25, -0.2) is 14.5 Å². The first-order valence-corrected chi connectivity index (χ1v) is 7.57. The number of imidazole rings is 1. The molecule has 1 unspecified atom stereocenters. The van der Waals surface area contributed by atoms with Gasteiger partial charge in [0.1, 0.15) is 12.7 Å². The van der Waals surface area contributed by atoms with E-state index in [1.807, 2.05) is 4.90 Å². The number of likely N-dealkylation sites (tertiary alicyclic amines) is 1. The minimum Gasteiger partial charge on any atom is -0.336 e. The number of para-hydroxylation sites is 1. The maximum Gasteiger partial charge on any atom is 0.323 e. The number of aromatic nitrogens is 5. The number of nitrogens with one attached hydrogen (secondary N) is 2. The van der Waals surface area contributed by atoms with Crippen LogP contribution in [0.4, 0.5) is 0 Å². The fourth-order valence-electron chi connectivity index (χ4n) is 3.17. The van der Waals surface area contributed by atoms with E-state index < -0.39 is 0 Å². The summed E-state index contributed by atoms with van der Waals surface area (Å²) in [5.41, 5.74) is 1.41.